The minimum Gasteiger partial charge on any atom is -0.495 e. The summed E-state index contributed by atoms with van der Waals surface area (Å²) in [5, 5.41) is 2.68. The molecule has 0 radical (unpaired) electrons. The number of hydrogen-bond donors (Lipinski definition) is 2. The Bertz CT molecular complexity index is 930. The molecule has 0 saturated carbocycles. The number of primary amides is 1. The van der Waals surface area contributed by atoms with E-state index in [0.29, 0.717) is 11.4 Å². The largest absolute Gasteiger partial charge is 0.495 e. The van der Waals surface area contributed by atoms with Crippen LogP contribution < -0.4 is 15.8 Å². The fourth-order valence-corrected chi connectivity index (χ4v) is 2.86. The quantitative estimate of drug-likeness (QED) is 0.341. The Hall–Kier alpha value is -3.11. The molecule has 0 fully saturated rings. The molecule has 28 heavy (non-hydrogen) atoms. The third-order valence-electron chi connectivity index (χ3n) is 3.47. The Morgan fingerprint density at radius 3 is 2.46 bits per heavy atom. The summed E-state index contributed by atoms with van der Waals surface area (Å²) in [6, 6.07) is 13.7. The summed E-state index contributed by atoms with van der Waals surface area (Å²) in [4.78, 5) is 23.0. The van der Waals surface area contributed by atoms with Gasteiger partial charge in [-0.3, -0.25) is 4.79 Å². The maximum Gasteiger partial charge on any atom is 0.338 e. The van der Waals surface area contributed by atoms with E-state index in [4.69, 9.17) is 15.2 Å². The molecule has 2 aromatic carbocycles. The Labute approximate surface area is 162 Å². The number of nitrogens with one attached hydrogen (secondary N) is 1. The van der Waals surface area contributed by atoms with E-state index in [1.807, 2.05) is 30.3 Å². The predicted molar refractivity (Wildman–Crippen MR) is 101 cm³/mol. The number of hydrogen-bond acceptors (Lipinski definition) is 8. The van der Waals surface area contributed by atoms with Gasteiger partial charge in [-0.25, -0.2) is 8.98 Å². The van der Waals surface area contributed by atoms with Crippen LogP contribution >= 0.6 is 0 Å². The number of amides is 1. The summed E-state index contributed by atoms with van der Waals surface area (Å²) in [6.45, 7) is -0.364. The number of anilines is 1. The molecule has 150 valence electrons. The van der Waals surface area contributed by atoms with Crippen molar-refractivity contribution < 1.29 is 31.7 Å². The lowest BCUT2D eigenvalue weighted by Crippen LogP contribution is -2.26. The molecule has 0 saturated heterocycles. The average molecular weight is 408 g/mol. The Morgan fingerprint density at radius 1 is 1.11 bits per heavy atom. The number of benzene rings is 2. The highest BCUT2D eigenvalue weighted by atomic mass is 32.2. The first-order valence-electron chi connectivity index (χ1n) is 8.09. The molecule has 2 rings (SSSR count). The molecule has 0 aliphatic heterocycles. The molecule has 0 unspecified atom stereocenters. The molecule has 3 N–H and O–H groups in total. The van der Waals surface area contributed by atoms with Crippen LogP contribution in [0.15, 0.2) is 48.5 Å². The zero-order valence-corrected chi connectivity index (χ0v) is 15.9. The van der Waals surface area contributed by atoms with E-state index in [1.165, 1.54) is 25.3 Å². The molecule has 0 heterocycles. The van der Waals surface area contributed by atoms with Crippen molar-refractivity contribution >= 4 is 27.7 Å². The van der Waals surface area contributed by atoms with E-state index in [9.17, 15) is 18.0 Å². The summed E-state index contributed by atoms with van der Waals surface area (Å²) < 4.78 is 38.1. The second kappa shape index (κ2) is 9.72. The maximum absolute atomic E-state index is 12.3. The summed E-state index contributed by atoms with van der Waals surface area (Å²) in [7, 11) is -2.69. The van der Waals surface area contributed by atoms with Crippen molar-refractivity contribution in [3.63, 3.8) is 0 Å². The molecule has 0 aromatic heterocycles. The van der Waals surface area contributed by atoms with Crippen molar-refractivity contribution in [3.05, 3.63) is 59.7 Å². The van der Waals surface area contributed by atoms with Crippen LogP contribution in [0.4, 0.5) is 5.69 Å². The summed E-state index contributed by atoms with van der Waals surface area (Å²) in [5.74, 6) is -2.16. The lowest BCUT2D eigenvalue weighted by atomic mass is 10.2. The van der Waals surface area contributed by atoms with Crippen LogP contribution in [0.25, 0.3) is 0 Å². The number of esters is 1. The van der Waals surface area contributed by atoms with Gasteiger partial charge in [0.05, 0.1) is 18.4 Å². The topological polar surface area (TPSA) is 134 Å². The van der Waals surface area contributed by atoms with Gasteiger partial charge in [0.2, 0.25) is 5.91 Å². The highest BCUT2D eigenvalue weighted by Crippen LogP contribution is 2.26. The second-order valence-corrected chi connectivity index (χ2v) is 7.22. The highest BCUT2D eigenvalue weighted by Gasteiger charge is 2.16. The van der Waals surface area contributed by atoms with Crippen LogP contribution in [0.1, 0.15) is 15.9 Å². The molecular weight excluding hydrogens is 388 g/mol. The molecule has 0 spiro atoms. The Balaban J connectivity index is 2.02. The van der Waals surface area contributed by atoms with Crippen LogP contribution in [0.5, 0.6) is 5.75 Å². The van der Waals surface area contributed by atoms with Crippen molar-refractivity contribution in [1.29, 1.82) is 0 Å². The van der Waals surface area contributed by atoms with Gasteiger partial charge in [-0.05, 0) is 23.8 Å². The molecule has 0 atom stereocenters. The van der Waals surface area contributed by atoms with Gasteiger partial charge in [-0.15, -0.1) is 0 Å². The smallest absolute Gasteiger partial charge is 0.338 e. The lowest BCUT2D eigenvalue weighted by Gasteiger charge is -2.13. The second-order valence-electron chi connectivity index (χ2n) is 5.58. The van der Waals surface area contributed by atoms with Crippen LogP contribution in [0.2, 0.25) is 0 Å². The van der Waals surface area contributed by atoms with Gasteiger partial charge in [0, 0.05) is 0 Å². The van der Waals surface area contributed by atoms with E-state index in [0.717, 1.165) is 5.56 Å². The first kappa shape index (κ1) is 21.2. The Kier molecular flexibility index (Phi) is 7.36. The third kappa shape index (κ3) is 6.56. The number of carbonyl (C=O) groups excluding carboxylic acids is 2. The number of methoxy groups -OCH3 is 1. The number of ether oxygens (including phenoxy) is 2. The molecule has 1 amide bonds. The van der Waals surface area contributed by atoms with E-state index < -0.39 is 34.5 Å². The van der Waals surface area contributed by atoms with Crippen molar-refractivity contribution in [2.45, 2.75) is 6.61 Å². The van der Waals surface area contributed by atoms with Crippen LogP contribution in [0.3, 0.4) is 0 Å². The third-order valence-corrected chi connectivity index (χ3v) is 4.58. The highest BCUT2D eigenvalue weighted by molar-refractivity contribution is 7.87. The monoisotopic (exact) mass is 408 g/mol. The molecule has 10 heteroatoms. The van der Waals surface area contributed by atoms with E-state index in [2.05, 4.69) is 9.50 Å². The molecule has 0 aliphatic rings. The zero-order chi connectivity index (χ0) is 20.6. The van der Waals surface area contributed by atoms with Crippen molar-refractivity contribution in [2.24, 2.45) is 5.73 Å². The zero-order valence-electron chi connectivity index (χ0n) is 15.1. The molecule has 9 nitrogen and oxygen atoms in total. The molecule has 2 aromatic rings. The number of carbonyl (C=O) groups is 2. The van der Waals surface area contributed by atoms with E-state index in [-0.39, 0.29) is 12.2 Å². The predicted octanol–water partition coefficient (Wildman–Crippen LogP) is 1.25. The molecular formula is C18H20N2O7S. The van der Waals surface area contributed by atoms with Gasteiger partial charge < -0.3 is 20.5 Å². The minimum atomic E-state index is -4.11. The maximum atomic E-state index is 12.3. The first-order valence-corrected chi connectivity index (χ1v) is 9.67. The van der Waals surface area contributed by atoms with Crippen molar-refractivity contribution in [1.82, 2.24) is 0 Å². The molecule has 0 aliphatic carbocycles. The van der Waals surface area contributed by atoms with Gasteiger partial charge in [0.25, 0.3) is 10.1 Å². The summed E-state index contributed by atoms with van der Waals surface area (Å²) >= 11 is 0. The fraction of sp³-hybridized carbons (Fsp3) is 0.222. The van der Waals surface area contributed by atoms with Crippen LogP contribution in [-0.2, 0) is 30.4 Å². The van der Waals surface area contributed by atoms with Gasteiger partial charge in [-0.2, -0.15) is 8.42 Å². The van der Waals surface area contributed by atoms with Crippen LogP contribution in [-0.4, -0.2) is 39.9 Å². The SMILES string of the molecule is COc1ccc(C(=O)OCc2ccccc2)cc1NCOS(=O)(=O)CC(N)=O. The van der Waals surface area contributed by atoms with Crippen LogP contribution in [0, 0.1) is 0 Å². The van der Waals surface area contributed by atoms with E-state index >= 15 is 0 Å². The number of rotatable bonds is 10. The van der Waals surface area contributed by atoms with Gasteiger partial charge in [0.1, 0.15) is 19.1 Å². The summed E-state index contributed by atoms with van der Waals surface area (Å²) in [5.41, 5.74) is 6.23. The van der Waals surface area contributed by atoms with Gasteiger partial charge >= 0.3 is 5.97 Å². The van der Waals surface area contributed by atoms with Crippen molar-refractivity contribution in [2.75, 3.05) is 24.9 Å². The van der Waals surface area contributed by atoms with Gasteiger partial charge in [0.15, 0.2) is 5.75 Å². The fourth-order valence-electron chi connectivity index (χ4n) is 2.19. The normalized spacial score (nSPS) is 10.9. The van der Waals surface area contributed by atoms with E-state index in [1.54, 1.807) is 0 Å². The van der Waals surface area contributed by atoms with Gasteiger partial charge in [-0.1, -0.05) is 30.3 Å². The average Bonchev–Trinajstić information content (AvgIpc) is 2.65. The minimum absolute atomic E-state index is 0.114. The number of nitrogens with two attached hydrogens (primary N) is 1. The lowest BCUT2D eigenvalue weighted by molar-refractivity contribution is -0.115. The Morgan fingerprint density at radius 2 is 1.82 bits per heavy atom. The van der Waals surface area contributed by atoms with Crippen molar-refractivity contribution in [3.8, 4) is 5.75 Å². The standard InChI is InChI=1S/C18H20N2O7S/c1-25-16-8-7-14(18(22)26-10-13-5-3-2-4-6-13)9-15(16)20-12-27-28(23,24)11-17(19)21/h2-9,20H,10-12H2,1H3,(H2,19,21). The summed E-state index contributed by atoms with van der Waals surface area (Å²) in [6.07, 6.45) is 0. The first-order chi connectivity index (χ1) is 13.3. The molecule has 0 bridgehead atoms.